The van der Waals surface area contributed by atoms with Crippen molar-refractivity contribution in [2.75, 3.05) is 0 Å². The summed E-state index contributed by atoms with van der Waals surface area (Å²) in [6.07, 6.45) is 5.78. The van der Waals surface area contributed by atoms with Gasteiger partial charge in [-0.05, 0) is 35.7 Å². The lowest BCUT2D eigenvalue weighted by molar-refractivity contribution is 0.411. The van der Waals surface area contributed by atoms with Crippen molar-refractivity contribution >= 4 is 15.9 Å². The number of hydrogen-bond donors (Lipinski definition) is 1. The lowest BCUT2D eigenvalue weighted by Gasteiger charge is -2.15. The van der Waals surface area contributed by atoms with Crippen molar-refractivity contribution in [3.63, 3.8) is 0 Å². The average molecular weight is 246 g/mol. The van der Waals surface area contributed by atoms with Crippen LogP contribution in [-0.2, 0) is 0 Å². The van der Waals surface area contributed by atoms with Crippen LogP contribution in [0.4, 0.5) is 0 Å². The molecule has 2 atom stereocenters. The smallest absolute Gasteiger partial charge is 0.0632 e. The van der Waals surface area contributed by atoms with E-state index < -0.39 is 0 Å². The lowest BCUT2D eigenvalue weighted by atomic mass is 10.1. The fourth-order valence-electron chi connectivity index (χ4n) is 1.27. The molecule has 0 fully saturated rings. The molecule has 3 nitrogen and oxygen atoms in total. The molecular weight excluding hydrogens is 230 g/mol. The summed E-state index contributed by atoms with van der Waals surface area (Å²) in [6.45, 7) is 4.24. The molecule has 2 unspecified atom stereocenters. The fraction of sp³-hybridized carbons (Fsp3) is 0.667. The van der Waals surface area contributed by atoms with Crippen molar-refractivity contribution in [1.29, 1.82) is 0 Å². The van der Waals surface area contributed by atoms with Gasteiger partial charge in [0, 0.05) is 12.2 Å². The summed E-state index contributed by atoms with van der Waals surface area (Å²) < 4.78 is 2.96. The van der Waals surface area contributed by atoms with Crippen molar-refractivity contribution in [2.24, 2.45) is 5.73 Å². The molecule has 0 saturated heterocycles. The third-order valence-electron chi connectivity index (χ3n) is 2.19. The van der Waals surface area contributed by atoms with Crippen molar-refractivity contribution in [3.8, 4) is 0 Å². The highest BCUT2D eigenvalue weighted by molar-refractivity contribution is 9.10. The van der Waals surface area contributed by atoms with Crippen LogP contribution in [0.1, 0.15) is 32.7 Å². The van der Waals surface area contributed by atoms with Gasteiger partial charge in [0.25, 0.3) is 0 Å². The largest absolute Gasteiger partial charge is 0.328 e. The van der Waals surface area contributed by atoms with E-state index in [4.69, 9.17) is 5.73 Å². The first-order valence-corrected chi connectivity index (χ1v) is 5.38. The topological polar surface area (TPSA) is 43.8 Å². The molecule has 0 aliphatic heterocycles. The summed E-state index contributed by atoms with van der Waals surface area (Å²) in [4.78, 5) is 0. The number of halogens is 1. The summed E-state index contributed by atoms with van der Waals surface area (Å²) in [6, 6.07) is 0.652. The molecule has 2 N–H and O–H groups in total. The molecule has 1 aromatic heterocycles. The Balaban J connectivity index is 2.53. The van der Waals surface area contributed by atoms with Gasteiger partial charge in [0.15, 0.2) is 0 Å². The molecule has 0 aliphatic rings. The van der Waals surface area contributed by atoms with E-state index in [0.717, 1.165) is 17.3 Å². The zero-order valence-electron chi connectivity index (χ0n) is 8.07. The molecule has 0 radical (unpaired) electrons. The molecule has 0 bridgehead atoms. The Morgan fingerprint density at radius 3 is 2.85 bits per heavy atom. The minimum atomic E-state index is 0.276. The van der Waals surface area contributed by atoms with Crippen LogP contribution in [0, 0.1) is 0 Å². The molecule has 0 amide bonds. The average Bonchev–Trinajstić information content (AvgIpc) is 2.51. The highest BCUT2D eigenvalue weighted by Crippen LogP contribution is 2.15. The Bertz CT molecular complexity index is 259. The van der Waals surface area contributed by atoms with E-state index in [2.05, 4.69) is 34.9 Å². The third-order valence-corrected chi connectivity index (χ3v) is 2.60. The lowest BCUT2D eigenvalue weighted by Crippen LogP contribution is -2.23. The fourth-order valence-corrected chi connectivity index (χ4v) is 1.57. The quantitative estimate of drug-likeness (QED) is 0.886. The molecule has 1 heterocycles. The molecule has 1 aromatic rings. The first-order chi connectivity index (χ1) is 6.13. The second-order valence-corrected chi connectivity index (χ2v) is 4.31. The van der Waals surface area contributed by atoms with Gasteiger partial charge >= 0.3 is 0 Å². The van der Waals surface area contributed by atoms with Crippen LogP contribution in [0.25, 0.3) is 0 Å². The number of nitrogens with two attached hydrogens (primary N) is 1. The van der Waals surface area contributed by atoms with Crippen LogP contribution >= 0.6 is 15.9 Å². The van der Waals surface area contributed by atoms with Gasteiger partial charge in [0.05, 0.1) is 16.7 Å². The Morgan fingerprint density at radius 1 is 1.69 bits per heavy atom. The third kappa shape index (κ3) is 3.12. The highest BCUT2D eigenvalue weighted by Gasteiger charge is 2.09. The maximum Gasteiger partial charge on any atom is 0.0632 e. The highest BCUT2D eigenvalue weighted by atomic mass is 79.9. The molecule has 0 saturated carbocycles. The second kappa shape index (κ2) is 4.77. The van der Waals surface area contributed by atoms with Gasteiger partial charge in [-0.2, -0.15) is 5.10 Å². The SMILES string of the molecule is CCC(N)CC(C)n1cc(Br)cn1. The van der Waals surface area contributed by atoms with Crippen LogP contribution in [0.15, 0.2) is 16.9 Å². The van der Waals surface area contributed by atoms with E-state index in [1.54, 1.807) is 6.20 Å². The van der Waals surface area contributed by atoms with Gasteiger partial charge in [-0.3, -0.25) is 4.68 Å². The van der Waals surface area contributed by atoms with E-state index in [1.807, 2.05) is 10.9 Å². The number of rotatable bonds is 4. The van der Waals surface area contributed by atoms with E-state index in [1.165, 1.54) is 0 Å². The molecule has 74 valence electrons. The molecule has 0 aromatic carbocycles. The summed E-state index contributed by atoms with van der Waals surface area (Å²) >= 11 is 3.37. The van der Waals surface area contributed by atoms with Crippen LogP contribution in [0.3, 0.4) is 0 Å². The van der Waals surface area contributed by atoms with E-state index in [0.29, 0.717) is 6.04 Å². The maximum atomic E-state index is 5.87. The summed E-state index contributed by atoms with van der Waals surface area (Å²) in [5.74, 6) is 0. The number of nitrogens with zero attached hydrogens (tertiary/aromatic N) is 2. The summed E-state index contributed by atoms with van der Waals surface area (Å²) in [5, 5.41) is 4.22. The van der Waals surface area contributed by atoms with Crippen LogP contribution in [-0.4, -0.2) is 15.8 Å². The Kier molecular flexibility index (Phi) is 3.93. The summed E-state index contributed by atoms with van der Waals surface area (Å²) in [5.41, 5.74) is 5.87. The van der Waals surface area contributed by atoms with Gasteiger partial charge < -0.3 is 5.73 Å². The zero-order chi connectivity index (χ0) is 9.84. The first kappa shape index (κ1) is 10.7. The molecule has 0 aliphatic carbocycles. The molecular formula is C9H16BrN3. The van der Waals surface area contributed by atoms with Gasteiger partial charge in [-0.1, -0.05) is 6.92 Å². The Morgan fingerprint density at radius 2 is 2.38 bits per heavy atom. The zero-order valence-corrected chi connectivity index (χ0v) is 9.66. The van der Waals surface area contributed by atoms with Crippen molar-refractivity contribution in [2.45, 2.75) is 38.8 Å². The van der Waals surface area contributed by atoms with E-state index in [9.17, 15) is 0 Å². The second-order valence-electron chi connectivity index (χ2n) is 3.39. The predicted molar refractivity (Wildman–Crippen MR) is 57.5 cm³/mol. The van der Waals surface area contributed by atoms with Crippen LogP contribution in [0.2, 0.25) is 0 Å². The van der Waals surface area contributed by atoms with Crippen LogP contribution in [0.5, 0.6) is 0 Å². The van der Waals surface area contributed by atoms with Gasteiger partial charge in [0.2, 0.25) is 0 Å². The Labute approximate surface area is 87.4 Å². The predicted octanol–water partition coefficient (Wildman–Crippen LogP) is 2.33. The Hall–Kier alpha value is -0.350. The van der Waals surface area contributed by atoms with Gasteiger partial charge in [-0.15, -0.1) is 0 Å². The standard InChI is InChI=1S/C9H16BrN3/c1-3-9(11)4-7(2)13-6-8(10)5-12-13/h5-7,9H,3-4,11H2,1-2H3. The van der Waals surface area contributed by atoms with Crippen LogP contribution < -0.4 is 5.73 Å². The monoisotopic (exact) mass is 245 g/mol. The minimum Gasteiger partial charge on any atom is -0.328 e. The minimum absolute atomic E-state index is 0.276. The van der Waals surface area contributed by atoms with Crippen molar-refractivity contribution in [1.82, 2.24) is 9.78 Å². The molecule has 1 rings (SSSR count). The van der Waals surface area contributed by atoms with Crippen molar-refractivity contribution in [3.05, 3.63) is 16.9 Å². The van der Waals surface area contributed by atoms with Gasteiger partial charge in [-0.25, -0.2) is 0 Å². The molecule has 13 heavy (non-hydrogen) atoms. The van der Waals surface area contributed by atoms with Crippen molar-refractivity contribution < 1.29 is 0 Å². The number of aromatic nitrogens is 2. The molecule has 0 spiro atoms. The van der Waals surface area contributed by atoms with E-state index in [-0.39, 0.29) is 6.04 Å². The maximum absolute atomic E-state index is 5.87. The number of hydrogen-bond acceptors (Lipinski definition) is 2. The molecule has 4 heteroatoms. The van der Waals surface area contributed by atoms with Gasteiger partial charge in [0.1, 0.15) is 0 Å². The summed E-state index contributed by atoms with van der Waals surface area (Å²) in [7, 11) is 0. The van der Waals surface area contributed by atoms with E-state index >= 15 is 0 Å². The normalized spacial score (nSPS) is 15.7. The first-order valence-electron chi connectivity index (χ1n) is 4.58.